The van der Waals surface area contributed by atoms with E-state index in [1.165, 1.54) is 0 Å². The average Bonchev–Trinajstić information content (AvgIpc) is 2.46. The highest BCUT2D eigenvalue weighted by molar-refractivity contribution is 5.79. The predicted octanol–water partition coefficient (Wildman–Crippen LogP) is 2.24. The molecule has 2 fully saturated rings. The number of rotatable bonds is 2. The second-order valence-electron chi connectivity index (χ2n) is 5.50. The van der Waals surface area contributed by atoms with Gasteiger partial charge in [0.15, 0.2) is 5.82 Å². The van der Waals surface area contributed by atoms with E-state index in [0.29, 0.717) is 28.9 Å². The summed E-state index contributed by atoms with van der Waals surface area (Å²) >= 11 is 0. The SMILES string of the molecule is CC(=O)C1CC2(C1)CC(c1nc(C)no1)C2. The zero-order chi connectivity index (χ0) is 11.3. The Kier molecular flexibility index (Phi) is 1.97. The molecule has 1 spiro atoms. The number of aromatic nitrogens is 2. The van der Waals surface area contributed by atoms with Crippen molar-refractivity contribution in [3.05, 3.63) is 11.7 Å². The van der Waals surface area contributed by atoms with Gasteiger partial charge in [0.25, 0.3) is 0 Å². The molecule has 0 aliphatic heterocycles. The Bertz CT molecular complexity index is 424. The summed E-state index contributed by atoms with van der Waals surface area (Å²) in [5.74, 6) is 2.61. The lowest BCUT2D eigenvalue weighted by atomic mass is 9.47. The van der Waals surface area contributed by atoms with Crippen molar-refractivity contribution in [2.75, 3.05) is 0 Å². The fourth-order valence-corrected chi connectivity index (χ4v) is 3.25. The monoisotopic (exact) mass is 220 g/mol. The first kappa shape index (κ1) is 10.00. The Labute approximate surface area is 94.4 Å². The van der Waals surface area contributed by atoms with Gasteiger partial charge >= 0.3 is 0 Å². The minimum absolute atomic E-state index is 0.324. The van der Waals surface area contributed by atoms with Gasteiger partial charge in [-0.05, 0) is 44.9 Å². The Balaban J connectivity index is 1.58. The van der Waals surface area contributed by atoms with Crippen LogP contribution in [0.4, 0.5) is 0 Å². The molecule has 0 aromatic carbocycles. The Morgan fingerprint density at radius 1 is 1.38 bits per heavy atom. The third kappa shape index (κ3) is 1.39. The molecule has 2 aliphatic carbocycles. The lowest BCUT2D eigenvalue weighted by molar-refractivity contribution is -0.134. The number of aryl methyl sites for hydroxylation is 1. The third-order valence-electron chi connectivity index (χ3n) is 4.19. The van der Waals surface area contributed by atoms with Crippen LogP contribution in [0, 0.1) is 18.3 Å². The first-order valence-corrected chi connectivity index (χ1v) is 5.89. The maximum atomic E-state index is 11.2. The molecule has 1 heterocycles. The van der Waals surface area contributed by atoms with E-state index in [0.717, 1.165) is 31.6 Å². The zero-order valence-corrected chi connectivity index (χ0v) is 9.69. The van der Waals surface area contributed by atoms with Gasteiger partial charge in [-0.15, -0.1) is 0 Å². The van der Waals surface area contributed by atoms with Gasteiger partial charge in [-0.3, -0.25) is 4.79 Å². The fourth-order valence-electron chi connectivity index (χ4n) is 3.25. The summed E-state index contributed by atoms with van der Waals surface area (Å²) in [4.78, 5) is 15.4. The number of carbonyl (C=O) groups excluding carboxylic acids is 1. The maximum Gasteiger partial charge on any atom is 0.229 e. The van der Waals surface area contributed by atoms with E-state index in [1.54, 1.807) is 6.92 Å². The molecular weight excluding hydrogens is 204 g/mol. The van der Waals surface area contributed by atoms with Gasteiger partial charge in [0, 0.05) is 11.8 Å². The highest BCUT2D eigenvalue weighted by Gasteiger charge is 2.55. The first-order valence-electron chi connectivity index (χ1n) is 5.89. The van der Waals surface area contributed by atoms with E-state index in [-0.39, 0.29) is 0 Å². The molecule has 0 saturated heterocycles. The Hall–Kier alpha value is -1.19. The summed E-state index contributed by atoms with van der Waals surface area (Å²) in [5, 5.41) is 3.81. The van der Waals surface area contributed by atoms with E-state index >= 15 is 0 Å². The number of ketones is 1. The highest BCUT2D eigenvalue weighted by atomic mass is 16.5. The number of Topliss-reactive ketones (excluding diaryl/α,β-unsaturated/α-hetero) is 1. The van der Waals surface area contributed by atoms with E-state index in [9.17, 15) is 4.79 Å². The van der Waals surface area contributed by atoms with E-state index in [2.05, 4.69) is 10.1 Å². The Morgan fingerprint density at radius 3 is 2.56 bits per heavy atom. The van der Waals surface area contributed by atoms with Gasteiger partial charge in [0.05, 0.1) is 0 Å². The lowest BCUT2D eigenvalue weighted by Gasteiger charge is -2.56. The molecular formula is C12H16N2O2. The van der Waals surface area contributed by atoms with Crippen LogP contribution in [0.15, 0.2) is 4.52 Å². The quantitative estimate of drug-likeness (QED) is 0.767. The second-order valence-corrected chi connectivity index (χ2v) is 5.50. The summed E-state index contributed by atoms with van der Waals surface area (Å²) in [5.41, 5.74) is 0.434. The lowest BCUT2D eigenvalue weighted by Crippen LogP contribution is -2.48. The van der Waals surface area contributed by atoms with Gasteiger partial charge in [0.1, 0.15) is 5.78 Å². The summed E-state index contributed by atoms with van der Waals surface area (Å²) in [6.45, 7) is 3.55. The van der Waals surface area contributed by atoms with Crippen LogP contribution in [0.3, 0.4) is 0 Å². The molecule has 0 amide bonds. The van der Waals surface area contributed by atoms with Crippen LogP contribution in [0.2, 0.25) is 0 Å². The summed E-state index contributed by atoms with van der Waals surface area (Å²) in [6, 6.07) is 0. The summed E-state index contributed by atoms with van der Waals surface area (Å²) < 4.78 is 5.18. The molecule has 0 atom stereocenters. The van der Waals surface area contributed by atoms with Crippen molar-refractivity contribution in [3.8, 4) is 0 Å². The van der Waals surface area contributed by atoms with Crippen LogP contribution in [0.25, 0.3) is 0 Å². The molecule has 0 radical (unpaired) electrons. The predicted molar refractivity (Wildman–Crippen MR) is 56.8 cm³/mol. The maximum absolute atomic E-state index is 11.2. The molecule has 4 heteroatoms. The second kappa shape index (κ2) is 3.15. The van der Waals surface area contributed by atoms with Crippen molar-refractivity contribution < 1.29 is 9.32 Å². The molecule has 0 N–H and O–H groups in total. The van der Waals surface area contributed by atoms with Crippen molar-refractivity contribution in [2.24, 2.45) is 11.3 Å². The normalized spacial score (nSPS) is 36.9. The molecule has 16 heavy (non-hydrogen) atoms. The van der Waals surface area contributed by atoms with Gasteiger partial charge in [-0.2, -0.15) is 4.98 Å². The topological polar surface area (TPSA) is 56.0 Å². The number of nitrogens with zero attached hydrogens (tertiary/aromatic N) is 2. The summed E-state index contributed by atoms with van der Waals surface area (Å²) in [6.07, 6.45) is 4.40. The van der Waals surface area contributed by atoms with Crippen molar-refractivity contribution >= 4 is 5.78 Å². The van der Waals surface area contributed by atoms with Crippen LogP contribution < -0.4 is 0 Å². The third-order valence-corrected chi connectivity index (χ3v) is 4.19. The van der Waals surface area contributed by atoms with Crippen molar-refractivity contribution in [1.82, 2.24) is 10.1 Å². The standard InChI is InChI=1S/C12H16N2O2/c1-7(15)9-3-12(4-9)5-10(6-12)11-13-8(2)14-16-11/h9-10H,3-6H2,1-2H3. The molecule has 2 saturated carbocycles. The van der Waals surface area contributed by atoms with E-state index in [1.807, 2.05) is 6.92 Å². The van der Waals surface area contributed by atoms with Crippen molar-refractivity contribution in [2.45, 2.75) is 45.4 Å². The van der Waals surface area contributed by atoms with Gasteiger partial charge in [0.2, 0.25) is 5.89 Å². The van der Waals surface area contributed by atoms with E-state index < -0.39 is 0 Å². The van der Waals surface area contributed by atoms with Crippen LogP contribution >= 0.6 is 0 Å². The molecule has 3 rings (SSSR count). The minimum atomic E-state index is 0.324. The molecule has 2 aliphatic rings. The smallest absolute Gasteiger partial charge is 0.229 e. The Morgan fingerprint density at radius 2 is 2.06 bits per heavy atom. The first-order chi connectivity index (χ1) is 7.58. The average molecular weight is 220 g/mol. The molecule has 86 valence electrons. The van der Waals surface area contributed by atoms with Crippen molar-refractivity contribution in [3.63, 3.8) is 0 Å². The number of hydrogen-bond acceptors (Lipinski definition) is 4. The number of hydrogen-bond donors (Lipinski definition) is 0. The van der Waals surface area contributed by atoms with Crippen molar-refractivity contribution in [1.29, 1.82) is 0 Å². The largest absolute Gasteiger partial charge is 0.339 e. The molecule has 1 aromatic heterocycles. The van der Waals surface area contributed by atoms with Crippen LogP contribution in [0.1, 0.15) is 50.2 Å². The molecule has 4 nitrogen and oxygen atoms in total. The van der Waals surface area contributed by atoms with Crippen LogP contribution in [-0.4, -0.2) is 15.9 Å². The van der Waals surface area contributed by atoms with Crippen LogP contribution in [0.5, 0.6) is 0 Å². The minimum Gasteiger partial charge on any atom is -0.339 e. The summed E-state index contributed by atoms with van der Waals surface area (Å²) in [7, 11) is 0. The van der Waals surface area contributed by atoms with Gasteiger partial charge in [-0.1, -0.05) is 5.16 Å². The zero-order valence-electron chi connectivity index (χ0n) is 9.69. The molecule has 0 unspecified atom stereocenters. The van der Waals surface area contributed by atoms with E-state index in [4.69, 9.17) is 4.52 Å². The fraction of sp³-hybridized carbons (Fsp3) is 0.750. The number of carbonyl (C=O) groups is 1. The molecule has 1 aromatic rings. The molecule has 0 bridgehead atoms. The highest BCUT2D eigenvalue weighted by Crippen LogP contribution is 2.63. The van der Waals surface area contributed by atoms with Crippen LogP contribution in [-0.2, 0) is 4.79 Å². The van der Waals surface area contributed by atoms with Gasteiger partial charge < -0.3 is 4.52 Å². The van der Waals surface area contributed by atoms with Gasteiger partial charge in [-0.25, -0.2) is 0 Å².